The molecular formula is C18H22BrN3OS. The number of anilines is 1. The van der Waals surface area contributed by atoms with Gasteiger partial charge in [0.25, 0.3) is 0 Å². The SMILES string of the molecule is Cc1ccc(NC(=O)CN2CCN(Cc3cccs3)CC2)c(Br)c1. The van der Waals surface area contributed by atoms with Crippen molar-refractivity contribution in [1.29, 1.82) is 0 Å². The second-order valence-corrected chi connectivity index (χ2v) is 8.05. The first-order valence-corrected chi connectivity index (χ1v) is 9.80. The van der Waals surface area contributed by atoms with Crippen LogP contribution in [0.25, 0.3) is 0 Å². The highest BCUT2D eigenvalue weighted by molar-refractivity contribution is 9.10. The summed E-state index contributed by atoms with van der Waals surface area (Å²) in [6, 6.07) is 10.2. The van der Waals surface area contributed by atoms with E-state index in [2.05, 4.69) is 48.6 Å². The lowest BCUT2D eigenvalue weighted by Gasteiger charge is -2.34. The van der Waals surface area contributed by atoms with Crippen LogP contribution in [0.5, 0.6) is 0 Å². The number of carbonyl (C=O) groups is 1. The summed E-state index contributed by atoms with van der Waals surface area (Å²) in [4.78, 5) is 18.4. The second-order valence-electron chi connectivity index (χ2n) is 6.16. The zero-order valence-corrected chi connectivity index (χ0v) is 16.2. The van der Waals surface area contributed by atoms with Crippen molar-refractivity contribution < 1.29 is 4.79 Å². The lowest BCUT2D eigenvalue weighted by molar-refractivity contribution is -0.117. The van der Waals surface area contributed by atoms with Crippen LogP contribution in [-0.4, -0.2) is 48.4 Å². The minimum Gasteiger partial charge on any atom is -0.324 e. The summed E-state index contributed by atoms with van der Waals surface area (Å²) >= 11 is 5.31. The molecule has 1 aliphatic rings. The van der Waals surface area contributed by atoms with Crippen LogP contribution in [0.3, 0.4) is 0 Å². The van der Waals surface area contributed by atoms with E-state index in [0.29, 0.717) is 6.54 Å². The Hall–Kier alpha value is -1.21. The number of rotatable bonds is 5. The Kier molecular flexibility index (Phi) is 6.05. The quantitative estimate of drug-likeness (QED) is 0.822. The van der Waals surface area contributed by atoms with E-state index in [0.717, 1.165) is 42.9 Å². The average Bonchev–Trinajstić information content (AvgIpc) is 3.05. The summed E-state index contributed by atoms with van der Waals surface area (Å²) in [6.45, 7) is 7.41. The third-order valence-electron chi connectivity index (χ3n) is 4.19. The van der Waals surface area contributed by atoms with Gasteiger partial charge in [0.05, 0.1) is 12.2 Å². The largest absolute Gasteiger partial charge is 0.324 e. The summed E-state index contributed by atoms with van der Waals surface area (Å²) < 4.78 is 0.927. The van der Waals surface area contributed by atoms with Crippen molar-refractivity contribution >= 4 is 38.9 Å². The van der Waals surface area contributed by atoms with Crippen LogP contribution in [0.1, 0.15) is 10.4 Å². The molecule has 0 bridgehead atoms. The van der Waals surface area contributed by atoms with E-state index in [-0.39, 0.29) is 5.91 Å². The van der Waals surface area contributed by atoms with Crippen LogP contribution < -0.4 is 5.32 Å². The Morgan fingerprint density at radius 1 is 1.21 bits per heavy atom. The van der Waals surface area contributed by atoms with Crippen molar-refractivity contribution in [2.24, 2.45) is 0 Å². The Bertz CT molecular complexity index is 682. The normalized spacial score (nSPS) is 16.2. The summed E-state index contributed by atoms with van der Waals surface area (Å²) in [5, 5.41) is 5.12. The van der Waals surface area contributed by atoms with Crippen LogP contribution >= 0.6 is 27.3 Å². The molecular weight excluding hydrogens is 386 g/mol. The maximum atomic E-state index is 12.3. The first-order valence-electron chi connectivity index (χ1n) is 8.13. The molecule has 6 heteroatoms. The molecule has 0 saturated carbocycles. The number of halogens is 1. The maximum absolute atomic E-state index is 12.3. The summed E-state index contributed by atoms with van der Waals surface area (Å²) in [7, 11) is 0. The van der Waals surface area contributed by atoms with E-state index in [4.69, 9.17) is 0 Å². The molecule has 0 aliphatic carbocycles. The Balaban J connectivity index is 1.44. The number of piperazine rings is 1. The van der Waals surface area contributed by atoms with Crippen molar-refractivity contribution in [3.05, 3.63) is 50.6 Å². The first kappa shape index (κ1) is 17.6. The molecule has 3 rings (SSSR count). The molecule has 1 aliphatic heterocycles. The van der Waals surface area contributed by atoms with Gasteiger partial charge in [0.2, 0.25) is 5.91 Å². The molecule has 1 fully saturated rings. The number of aryl methyl sites for hydroxylation is 1. The van der Waals surface area contributed by atoms with E-state index in [9.17, 15) is 4.79 Å². The average molecular weight is 408 g/mol. The lowest BCUT2D eigenvalue weighted by Crippen LogP contribution is -2.48. The van der Waals surface area contributed by atoms with Gasteiger partial charge >= 0.3 is 0 Å². The monoisotopic (exact) mass is 407 g/mol. The molecule has 0 unspecified atom stereocenters. The van der Waals surface area contributed by atoms with Gasteiger partial charge in [0.15, 0.2) is 0 Å². The second kappa shape index (κ2) is 8.25. The van der Waals surface area contributed by atoms with E-state index in [1.165, 1.54) is 10.4 Å². The molecule has 1 aromatic carbocycles. The number of hydrogen-bond acceptors (Lipinski definition) is 4. The van der Waals surface area contributed by atoms with Gasteiger partial charge in [-0.1, -0.05) is 12.1 Å². The molecule has 4 nitrogen and oxygen atoms in total. The van der Waals surface area contributed by atoms with E-state index >= 15 is 0 Å². The number of carbonyl (C=O) groups excluding carboxylic acids is 1. The Morgan fingerprint density at radius 3 is 2.62 bits per heavy atom. The smallest absolute Gasteiger partial charge is 0.238 e. The van der Waals surface area contributed by atoms with Gasteiger partial charge in [-0.15, -0.1) is 11.3 Å². The molecule has 0 atom stereocenters. The number of nitrogens with zero attached hydrogens (tertiary/aromatic N) is 2. The third kappa shape index (κ3) is 4.89. The van der Waals surface area contributed by atoms with Gasteiger partial charge in [-0.05, 0) is 52.0 Å². The molecule has 2 heterocycles. The minimum absolute atomic E-state index is 0.0475. The Labute approximate surface area is 155 Å². The van der Waals surface area contributed by atoms with Gasteiger partial charge < -0.3 is 5.32 Å². The molecule has 1 N–H and O–H groups in total. The van der Waals surface area contributed by atoms with Crippen molar-refractivity contribution in [2.45, 2.75) is 13.5 Å². The maximum Gasteiger partial charge on any atom is 0.238 e. The predicted molar refractivity (Wildman–Crippen MR) is 104 cm³/mol. The van der Waals surface area contributed by atoms with Crippen molar-refractivity contribution in [3.8, 4) is 0 Å². The molecule has 2 aromatic rings. The van der Waals surface area contributed by atoms with E-state index < -0.39 is 0 Å². The zero-order valence-electron chi connectivity index (χ0n) is 13.8. The lowest BCUT2D eigenvalue weighted by atomic mass is 10.2. The van der Waals surface area contributed by atoms with Crippen molar-refractivity contribution in [2.75, 3.05) is 38.0 Å². The van der Waals surface area contributed by atoms with Gasteiger partial charge in [-0.2, -0.15) is 0 Å². The summed E-state index contributed by atoms with van der Waals surface area (Å²) in [6.07, 6.45) is 0. The minimum atomic E-state index is 0.0475. The van der Waals surface area contributed by atoms with Crippen molar-refractivity contribution in [3.63, 3.8) is 0 Å². The fourth-order valence-corrected chi connectivity index (χ4v) is 4.18. The topological polar surface area (TPSA) is 35.6 Å². The summed E-state index contributed by atoms with van der Waals surface area (Å²) in [5.74, 6) is 0.0475. The van der Waals surface area contributed by atoms with Crippen LogP contribution in [0, 0.1) is 6.92 Å². The molecule has 1 amide bonds. The fraction of sp³-hybridized carbons (Fsp3) is 0.389. The third-order valence-corrected chi connectivity index (χ3v) is 5.71. The first-order chi connectivity index (χ1) is 11.6. The van der Waals surface area contributed by atoms with Crippen LogP contribution in [0.4, 0.5) is 5.69 Å². The molecule has 1 saturated heterocycles. The highest BCUT2D eigenvalue weighted by Gasteiger charge is 2.19. The predicted octanol–water partition coefficient (Wildman–Crippen LogP) is 3.58. The summed E-state index contributed by atoms with van der Waals surface area (Å²) in [5.41, 5.74) is 2.00. The van der Waals surface area contributed by atoms with E-state index in [1.807, 2.05) is 36.5 Å². The van der Waals surface area contributed by atoms with Gasteiger partial charge in [0.1, 0.15) is 0 Å². The van der Waals surface area contributed by atoms with Crippen LogP contribution in [0.2, 0.25) is 0 Å². The zero-order chi connectivity index (χ0) is 16.9. The molecule has 24 heavy (non-hydrogen) atoms. The molecule has 0 radical (unpaired) electrons. The van der Waals surface area contributed by atoms with Crippen LogP contribution in [-0.2, 0) is 11.3 Å². The van der Waals surface area contributed by atoms with Crippen molar-refractivity contribution in [1.82, 2.24) is 9.80 Å². The number of thiophene rings is 1. The molecule has 0 spiro atoms. The standard InChI is InChI=1S/C18H22BrN3OS/c1-14-4-5-17(16(19)11-14)20-18(23)13-22-8-6-21(7-9-22)12-15-3-2-10-24-15/h2-5,10-11H,6-9,12-13H2,1H3,(H,20,23). The highest BCUT2D eigenvalue weighted by Crippen LogP contribution is 2.23. The number of nitrogens with one attached hydrogen (secondary N) is 1. The number of hydrogen-bond donors (Lipinski definition) is 1. The van der Waals surface area contributed by atoms with Gasteiger partial charge in [0, 0.05) is 42.1 Å². The van der Waals surface area contributed by atoms with Gasteiger partial charge in [-0.3, -0.25) is 14.6 Å². The fourth-order valence-electron chi connectivity index (χ4n) is 2.84. The molecule has 128 valence electrons. The molecule has 1 aromatic heterocycles. The highest BCUT2D eigenvalue weighted by atomic mass is 79.9. The number of benzene rings is 1. The van der Waals surface area contributed by atoms with Crippen LogP contribution in [0.15, 0.2) is 40.2 Å². The Morgan fingerprint density at radius 2 is 1.96 bits per heavy atom. The van der Waals surface area contributed by atoms with Gasteiger partial charge in [-0.25, -0.2) is 0 Å². The van der Waals surface area contributed by atoms with E-state index in [1.54, 1.807) is 0 Å². The number of amides is 1.